The Bertz CT molecular complexity index is 1500. The van der Waals surface area contributed by atoms with Gasteiger partial charge < -0.3 is 34.5 Å². The number of rotatable bonds is 6. The van der Waals surface area contributed by atoms with E-state index in [1.54, 1.807) is 42.5 Å². The summed E-state index contributed by atoms with van der Waals surface area (Å²) in [7, 11) is 4.95. The molecule has 2 atom stereocenters. The van der Waals surface area contributed by atoms with Crippen LogP contribution in [0, 0.1) is 0 Å². The van der Waals surface area contributed by atoms with Crippen LogP contribution in [-0.2, 0) is 33.9 Å². The van der Waals surface area contributed by atoms with Gasteiger partial charge in [0.05, 0.1) is 39.0 Å². The number of ether oxygens (including phenoxy) is 4. The first kappa shape index (κ1) is 31.6. The Balaban J connectivity index is 1.35. The highest BCUT2D eigenvalue weighted by atomic mass is 16.5. The monoisotopic (exact) mass is 617 g/mol. The molecule has 0 unspecified atom stereocenters. The maximum atomic E-state index is 13.4. The molecule has 12 heteroatoms. The van der Waals surface area contributed by atoms with E-state index in [0.717, 1.165) is 16.8 Å². The number of aromatic nitrogens is 1. The highest BCUT2D eigenvalue weighted by molar-refractivity contribution is 5.80. The number of carbonyl (C=O) groups is 3. The van der Waals surface area contributed by atoms with Crippen molar-refractivity contribution in [2.24, 2.45) is 0 Å². The zero-order valence-electron chi connectivity index (χ0n) is 25.8. The van der Waals surface area contributed by atoms with Crippen molar-refractivity contribution in [3.63, 3.8) is 0 Å². The number of carbonyl (C=O) groups excluding carboxylic acids is 3. The van der Waals surface area contributed by atoms with Crippen molar-refractivity contribution in [2.45, 2.75) is 38.1 Å². The third-order valence-corrected chi connectivity index (χ3v) is 7.78. The molecule has 0 spiro atoms. The van der Waals surface area contributed by atoms with Gasteiger partial charge in [0.15, 0.2) is 18.1 Å². The number of hydrogen-bond acceptors (Lipinski definition) is 9. The molecule has 1 fully saturated rings. The molecule has 12 nitrogen and oxygen atoms in total. The number of benzene rings is 2. The molecule has 3 aromatic rings. The van der Waals surface area contributed by atoms with Gasteiger partial charge in [-0.2, -0.15) is 0 Å². The summed E-state index contributed by atoms with van der Waals surface area (Å²) >= 11 is 0. The highest BCUT2D eigenvalue weighted by Crippen LogP contribution is 2.30. The zero-order chi connectivity index (χ0) is 31.8. The molecule has 0 radical (unpaired) electrons. The van der Waals surface area contributed by atoms with Crippen LogP contribution in [0.15, 0.2) is 60.8 Å². The minimum atomic E-state index is -0.534. The fourth-order valence-corrected chi connectivity index (χ4v) is 5.43. The van der Waals surface area contributed by atoms with Crippen LogP contribution in [0.1, 0.15) is 23.2 Å². The van der Waals surface area contributed by atoms with E-state index in [1.165, 1.54) is 7.11 Å². The first-order chi connectivity index (χ1) is 21.8. The Kier molecular flexibility index (Phi) is 10.4. The Morgan fingerprint density at radius 3 is 2.64 bits per heavy atom. The molecule has 6 heterocycles. The van der Waals surface area contributed by atoms with E-state index < -0.39 is 12.1 Å². The van der Waals surface area contributed by atoms with Gasteiger partial charge in [0.1, 0.15) is 17.6 Å². The Labute approximate surface area is 262 Å². The number of pyridine rings is 1. The van der Waals surface area contributed by atoms with Gasteiger partial charge in [-0.05, 0) is 55.4 Å². The van der Waals surface area contributed by atoms with Gasteiger partial charge in [-0.15, -0.1) is 0 Å². The lowest BCUT2D eigenvalue weighted by molar-refractivity contribution is -0.131. The van der Waals surface area contributed by atoms with Crippen LogP contribution in [-0.4, -0.2) is 92.2 Å². The smallest absolute Gasteiger partial charge is 0.258 e. The van der Waals surface area contributed by atoms with E-state index in [1.807, 2.05) is 42.3 Å². The number of likely N-dealkylation sites (N-methyl/N-ethyl adjacent to an activating group) is 1. The lowest BCUT2D eigenvalue weighted by Gasteiger charge is -2.22. The van der Waals surface area contributed by atoms with Crippen LogP contribution >= 0.6 is 0 Å². The fraction of sp³-hybridized carbons (Fsp3) is 0.394. The fourth-order valence-electron chi connectivity index (χ4n) is 5.43. The van der Waals surface area contributed by atoms with Gasteiger partial charge in [-0.25, -0.2) is 0 Å². The SMILES string of the molecule is COc1cc2ccc1CNC(=O)CCc1ccc(c(OC)c1)OCC(=O)N[C@@H]1CN(C(=O)CN(C)Cc3ccccn3)C[C@H]1O2. The summed E-state index contributed by atoms with van der Waals surface area (Å²) in [6, 6.07) is 15.9. The average molecular weight is 618 g/mol. The summed E-state index contributed by atoms with van der Waals surface area (Å²) in [6.45, 7) is 1.27. The van der Waals surface area contributed by atoms with Gasteiger partial charge >= 0.3 is 0 Å². The number of amides is 3. The van der Waals surface area contributed by atoms with Gasteiger partial charge in [0, 0.05) is 43.9 Å². The first-order valence-electron chi connectivity index (χ1n) is 14.9. The standard InChI is InChI=1S/C33H39N5O7/c1-37(17-24-6-4-5-13-34-24)20-33(41)38-18-26-30(19-38)45-25-10-9-23(28(15-25)42-2)16-35-31(39)12-8-22-7-11-27(29(14-22)43-3)44-21-32(40)36-26/h4-7,9-11,13-15,26,30H,8,12,16-21H2,1-3H3,(H,35,39)(H,36,40)/t26-,30-/m1/s1. The van der Waals surface area contributed by atoms with E-state index in [-0.39, 0.29) is 56.9 Å². The summed E-state index contributed by atoms with van der Waals surface area (Å²) in [4.78, 5) is 47.0. The predicted molar refractivity (Wildman–Crippen MR) is 165 cm³/mol. The number of nitrogens with zero attached hydrogens (tertiary/aromatic N) is 3. The summed E-state index contributed by atoms with van der Waals surface area (Å²) in [6.07, 6.45) is 1.98. The Morgan fingerprint density at radius 1 is 1.02 bits per heavy atom. The van der Waals surface area contributed by atoms with Crippen LogP contribution in [0.25, 0.3) is 0 Å². The molecule has 2 N–H and O–H groups in total. The number of nitrogens with one attached hydrogen (secondary N) is 2. The van der Waals surface area contributed by atoms with Crippen LogP contribution < -0.4 is 29.6 Å². The molecule has 45 heavy (non-hydrogen) atoms. The second kappa shape index (κ2) is 14.8. The highest BCUT2D eigenvalue weighted by Gasteiger charge is 2.38. The van der Waals surface area contributed by atoms with Crippen LogP contribution in [0.4, 0.5) is 0 Å². The molecule has 4 bridgehead atoms. The van der Waals surface area contributed by atoms with E-state index in [2.05, 4.69) is 15.6 Å². The third kappa shape index (κ3) is 8.42. The molecule has 1 saturated heterocycles. The molecular formula is C33H39N5O7. The molecule has 0 saturated carbocycles. The van der Waals surface area contributed by atoms with Crippen molar-refractivity contribution in [3.05, 3.63) is 77.6 Å². The largest absolute Gasteiger partial charge is 0.496 e. The van der Waals surface area contributed by atoms with E-state index in [4.69, 9.17) is 18.9 Å². The number of hydrogen-bond donors (Lipinski definition) is 2. The first-order valence-corrected chi connectivity index (χ1v) is 14.9. The third-order valence-electron chi connectivity index (χ3n) is 7.78. The molecule has 2 aromatic carbocycles. The van der Waals surface area contributed by atoms with Crippen molar-refractivity contribution in [1.82, 2.24) is 25.4 Å². The number of methoxy groups -OCH3 is 2. The van der Waals surface area contributed by atoms with E-state index in [0.29, 0.717) is 36.0 Å². The minimum Gasteiger partial charge on any atom is -0.496 e. The Hall–Kier alpha value is -4.84. The molecule has 1 aromatic heterocycles. The average Bonchev–Trinajstić information content (AvgIpc) is 3.43. The van der Waals surface area contributed by atoms with Crippen LogP contribution in [0.5, 0.6) is 23.0 Å². The van der Waals surface area contributed by atoms with Crippen LogP contribution in [0.3, 0.4) is 0 Å². The lowest BCUT2D eigenvalue weighted by atomic mass is 10.1. The normalized spacial score (nSPS) is 18.8. The van der Waals surface area contributed by atoms with Gasteiger partial charge in [0.25, 0.3) is 5.91 Å². The maximum Gasteiger partial charge on any atom is 0.258 e. The molecule has 5 aliphatic heterocycles. The minimum absolute atomic E-state index is 0.0888. The van der Waals surface area contributed by atoms with Crippen molar-refractivity contribution < 1.29 is 33.3 Å². The molecule has 5 aliphatic rings. The van der Waals surface area contributed by atoms with E-state index in [9.17, 15) is 14.4 Å². The predicted octanol–water partition coefficient (Wildman–Crippen LogP) is 1.95. The summed E-state index contributed by atoms with van der Waals surface area (Å²) in [5.41, 5.74) is 2.56. The Morgan fingerprint density at radius 2 is 1.87 bits per heavy atom. The topological polar surface area (TPSA) is 132 Å². The quantitative estimate of drug-likeness (QED) is 0.426. The van der Waals surface area contributed by atoms with E-state index >= 15 is 0 Å². The second-order valence-corrected chi connectivity index (χ2v) is 11.1. The molecule has 238 valence electrons. The summed E-state index contributed by atoms with van der Waals surface area (Å²) < 4.78 is 23.3. The molecule has 0 aliphatic carbocycles. The number of aryl methyl sites for hydroxylation is 1. The van der Waals surface area contributed by atoms with Gasteiger partial charge in [-0.3, -0.25) is 24.3 Å². The maximum absolute atomic E-state index is 13.4. The van der Waals surface area contributed by atoms with Crippen molar-refractivity contribution in [2.75, 3.05) is 47.5 Å². The summed E-state index contributed by atoms with van der Waals surface area (Å²) in [5, 5.41) is 5.96. The molecule has 3 amide bonds. The summed E-state index contributed by atoms with van der Waals surface area (Å²) in [5.74, 6) is 1.39. The van der Waals surface area contributed by atoms with Gasteiger partial charge in [-0.1, -0.05) is 12.1 Å². The lowest BCUT2D eigenvalue weighted by Crippen LogP contribution is -2.47. The van der Waals surface area contributed by atoms with Crippen molar-refractivity contribution in [3.8, 4) is 23.0 Å². The van der Waals surface area contributed by atoms with Crippen LogP contribution in [0.2, 0.25) is 0 Å². The second-order valence-electron chi connectivity index (χ2n) is 11.1. The number of likely N-dealkylation sites (tertiary alicyclic amines) is 1. The molecule has 8 rings (SSSR count). The zero-order valence-corrected chi connectivity index (χ0v) is 25.8. The van der Waals surface area contributed by atoms with Crippen molar-refractivity contribution in [1.29, 1.82) is 0 Å². The van der Waals surface area contributed by atoms with Crippen molar-refractivity contribution >= 4 is 17.7 Å². The van der Waals surface area contributed by atoms with Gasteiger partial charge in [0.2, 0.25) is 11.8 Å². The molecular weight excluding hydrogens is 578 g/mol.